The van der Waals surface area contributed by atoms with Crippen molar-refractivity contribution in [3.05, 3.63) is 39.9 Å². The lowest BCUT2D eigenvalue weighted by Crippen LogP contribution is -2.16. The smallest absolute Gasteiger partial charge is 0.260 e. The first-order valence-electron chi connectivity index (χ1n) is 5.95. The van der Waals surface area contributed by atoms with Gasteiger partial charge >= 0.3 is 0 Å². The van der Waals surface area contributed by atoms with E-state index >= 15 is 0 Å². The summed E-state index contributed by atoms with van der Waals surface area (Å²) in [4.78, 5) is 11.8. The Kier molecular flexibility index (Phi) is 3.36. The molecule has 1 aliphatic carbocycles. The van der Waals surface area contributed by atoms with E-state index in [1.165, 1.54) is 0 Å². The fraction of sp³-hybridized carbons (Fsp3) is 0.250. The SMILES string of the molecule is O=C(Nc1nnc(C2CC2)s1)c1cc(F)c(F)c(F)c1F. The maximum absolute atomic E-state index is 13.5. The van der Waals surface area contributed by atoms with E-state index in [1.54, 1.807) is 0 Å². The summed E-state index contributed by atoms with van der Waals surface area (Å²) in [7, 11) is 0. The minimum absolute atomic E-state index is 0.0893. The Hall–Kier alpha value is -2.03. The van der Waals surface area contributed by atoms with Crippen molar-refractivity contribution in [1.82, 2.24) is 10.2 Å². The average molecular weight is 317 g/mol. The second-order valence-electron chi connectivity index (χ2n) is 4.52. The third kappa shape index (κ3) is 2.60. The maximum Gasteiger partial charge on any atom is 0.260 e. The Morgan fingerprint density at radius 1 is 1.14 bits per heavy atom. The Labute approximate surface area is 119 Å². The number of nitrogens with one attached hydrogen (secondary N) is 1. The number of amides is 1. The standard InChI is InChI=1S/C12H7F4N3OS/c13-6-3-5(7(14)9(16)8(6)15)10(20)17-12-19-18-11(21-12)4-1-2-4/h3-4H,1-2H2,(H,17,19,20). The molecule has 1 N–H and O–H groups in total. The maximum atomic E-state index is 13.5. The summed E-state index contributed by atoms with van der Waals surface area (Å²) in [5, 5.41) is 10.5. The molecule has 1 aromatic carbocycles. The van der Waals surface area contributed by atoms with Crippen LogP contribution in [0.25, 0.3) is 0 Å². The van der Waals surface area contributed by atoms with Crippen LogP contribution in [0.1, 0.15) is 34.1 Å². The Morgan fingerprint density at radius 3 is 2.52 bits per heavy atom. The first-order chi connectivity index (χ1) is 9.97. The van der Waals surface area contributed by atoms with Crippen LogP contribution in [0, 0.1) is 23.3 Å². The van der Waals surface area contributed by atoms with Crippen LogP contribution in [0.15, 0.2) is 6.07 Å². The highest BCUT2D eigenvalue weighted by Crippen LogP contribution is 2.42. The molecule has 1 aliphatic rings. The van der Waals surface area contributed by atoms with E-state index in [4.69, 9.17) is 0 Å². The van der Waals surface area contributed by atoms with E-state index in [2.05, 4.69) is 15.5 Å². The molecule has 3 rings (SSSR count). The molecule has 0 saturated heterocycles. The normalized spacial score (nSPS) is 14.3. The molecule has 1 fully saturated rings. The van der Waals surface area contributed by atoms with E-state index in [0.29, 0.717) is 12.0 Å². The number of aromatic nitrogens is 2. The van der Waals surface area contributed by atoms with Crippen molar-refractivity contribution in [2.75, 3.05) is 5.32 Å². The van der Waals surface area contributed by atoms with Gasteiger partial charge in [-0.3, -0.25) is 10.1 Å². The first-order valence-corrected chi connectivity index (χ1v) is 6.76. The topological polar surface area (TPSA) is 54.9 Å². The lowest BCUT2D eigenvalue weighted by Gasteiger charge is -2.05. The van der Waals surface area contributed by atoms with Gasteiger partial charge < -0.3 is 0 Å². The minimum Gasteiger partial charge on any atom is -0.296 e. The van der Waals surface area contributed by atoms with Crippen molar-refractivity contribution in [3.63, 3.8) is 0 Å². The van der Waals surface area contributed by atoms with Crippen molar-refractivity contribution in [2.45, 2.75) is 18.8 Å². The number of benzene rings is 1. The van der Waals surface area contributed by atoms with E-state index in [0.717, 1.165) is 29.2 Å². The second-order valence-corrected chi connectivity index (χ2v) is 5.53. The molecule has 9 heteroatoms. The van der Waals surface area contributed by atoms with Gasteiger partial charge in [-0.2, -0.15) is 0 Å². The molecular formula is C12H7F4N3OS. The molecule has 4 nitrogen and oxygen atoms in total. The summed E-state index contributed by atoms with van der Waals surface area (Å²) in [6, 6.07) is 0.298. The molecule has 1 heterocycles. The molecule has 0 atom stereocenters. The zero-order valence-electron chi connectivity index (χ0n) is 10.3. The molecule has 1 saturated carbocycles. The zero-order chi connectivity index (χ0) is 15.1. The third-order valence-electron chi connectivity index (χ3n) is 2.93. The summed E-state index contributed by atoms with van der Waals surface area (Å²) in [5.74, 6) is -8.19. The zero-order valence-corrected chi connectivity index (χ0v) is 11.1. The molecule has 110 valence electrons. The van der Waals surface area contributed by atoms with Crippen LogP contribution in [0.5, 0.6) is 0 Å². The molecular weight excluding hydrogens is 310 g/mol. The number of nitrogens with zero attached hydrogens (tertiary/aromatic N) is 2. The number of hydrogen-bond donors (Lipinski definition) is 1. The molecule has 0 radical (unpaired) electrons. The summed E-state index contributed by atoms with van der Waals surface area (Å²) in [5.41, 5.74) is -0.936. The lowest BCUT2D eigenvalue weighted by atomic mass is 10.1. The summed E-state index contributed by atoms with van der Waals surface area (Å²) >= 11 is 1.11. The molecule has 1 aromatic heterocycles. The molecule has 0 bridgehead atoms. The van der Waals surface area contributed by atoms with Crippen LogP contribution in [-0.2, 0) is 0 Å². The molecule has 0 aliphatic heterocycles. The van der Waals surface area contributed by atoms with Crippen molar-refractivity contribution >= 4 is 22.4 Å². The average Bonchev–Trinajstić information content (AvgIpc) is 3.21. The third-order valence-corrected chi connectivity index (χ3v) is 3.94. The molecule has 1 amide bonds. The molecule has 21 heavy (non-hydrogen) atoms. The highest BCUT2D eigenvalue weighted by molar-refractivity contribution is 7.15. The van der Waals surface area contributed by atoms with E-state index < -0.39 is 34.7 Å². The van der Waals surface area contributed by atoms with Gasteiger partial charge in [0.15, 0.2) is 23.3 Å². The minimum atomic E-state index is -2.03. The van der Waals surface area contributed by atoms with Crippen molar-refractivity contribution in [2.24, 2.45) is 0 Å². The fourth-order valence-corrected chi connectivity index (χ4v) is 2.59. The quantitative estimate of drug-likeness (QED) is 0.537. The van der Waals surface area contributed by atoms with Crippen molar-refractivity contribution in [1.29, 1.82) is 0 Å². The van der Waals surface area contributed by atoms with Crippen molar-refractivity contribution in [3.8, 4) is 0 Å². The van der Waals surface area contributed by atoms with E-state index in [1.807, 2.05) is 0 Å². The molecule has 0 unspecified atom stereocenters. The fourth-order valence-electron chi connectivity index (χ4n) is 1.68. The Morgan fingerprint density at radius 2 is 1.86 bits per heavy atom. The van der Waals surface area contributed by atoms with Crippen molar-refractivity contribution < 1.29 is 22.4 Å². The van der Waals surface area contributed by atoms with Gasteiger partial charge in [0, 0.05) is 5.92 Å². The van der Waals surface area contributed by atoms with Gasteiger partial charge in [-0.15, -0.1) is 10.2 Å². The van der Waals surface area contributed by atoms with Gasteiger partial charge in [-0.25, -0.2) is 17.6 Å². The largest absolute Gasteiger partial charge is 0.296 e. The number of carbonyl (C=O) groups excluding carboxylic acids is 1. The number of halogens is 4. The first kappa shape index (κ1) is 13.9. The Balaban J connectivity index is 1.84. The van der Waals surface area contributed by atoms with Crippen LogP contribution < -0.4 is 5.32 Å². The highest BCUT2D eigenvalue weighted by atomic mass is 32.1. The van der Waals surface area contributed by atoms with E-state index in [-0.39, 0.29) is 5.13 Å². The summed E-state index contributed by atoms with van der Waals surface area (Å²) < 4.78 is 52.4. The van der Waals surface area contributed by atoms with Gasteiger partial charge in [0.2, 0.25) is 5.13 Å². The van der Waals surface area contributed by atoms with Crippen LogP contribution in [0.4, 0.5) is 22.7 Å². The number of hydrogen-bond acceptors (Lipinski definition) is 4. The summed E-state index contributed by atoms with van der Waals surface area (Å²) in [6.07, 6.45) is 1.98. The van der Waals surface area contributed by atoms with Crippen LogP contribution >= 0.6 is 11.3 Å². The van der Waals surface area contributed by atoms with E-state index in [9.17, 15) is 22.4 Å². The number of rotatable bonds is 3. The Bertz CT molecular complexity index is 730. The van der Waals surface area contributed by atoms with Crippen LogP contribution in [0.2, 0.25) is 0 Å². The predicted octanol–water partition coefficient (Wildman–Crippen LogP) is 3.22. The molecule has 0 spiro atoms. The summed E-state index contributed by atoms with van der Waals surface area (Å²) in [6.45, 7) is 0. The van der Waals surface area contributed by atoms with Gasteiger partial charge in [-0.1, -0.05) is 11.3 Å². The van der Waals surface area contributed by atoms with Gasteiger partial charge in [0.05, 0.1) is 5.56 Å². The van der Waals surface area contributed by atoms with Crippen LogP contribution in [0.3, 0.4) is 0 Å². The predicted molar refractivity (Wildman–Crippen MR) is 66.1 cm³/mol. The van der Waals surface area contributed by atoms with Crippen LogP contribution in [-0.4, -0.2) is 16.1 Å². The monoisotopic (exact) mass is 317 g/mol. The number of anilines is 1. The molecule has 2 aromatic rings. The van der Waals surface area contributed by atoms with Gasteiger partial charge in [0.25, 0.3) is 5.91 Å². The highest BCUT2D eigenvalue weighted by Gasteiger charge is 2.28. The number of carbonyl (C=O) groups is 1. The van der Waals surface area contributed by atoms with Gasteiger partial charge in [-0.05, 0) is 18.9 Å². The van der Waals surface area contributed by atoms with Gasteiger partial charge in [0.1, 0.15) is 5.01 Å². The second kappa shape index (κ2) is 5.06. The lowest BCUT2D eigenvalue weighted by molar-refractivity contribution is 0.102.